The first kappa shape index (κ1) is 18.1. The van der Waals surface area contributed by atoms with Crippen LogP contribution in [0.4, 0.5) is 8.78 Å². The van der Waals surface area contributed by atoms with Crippen molar-refractivity contribution >= 4 is 27.7 Å². The summed E-state index contributed by atoms with van der Waals surface area (Å²) in [5.41, 5.74) is 0.982. The molecule has 0 fully saturated rings. The molecule has 1 aromatic carbocycles. The van der Waals surface area contributed by atoms with Gasteiger partial charge in [0.25, 0.3) is 6.43 Å². The Morgan fingerprint density at radius 1 is 1.19 bits per heavy atom. The standard InChI is InChI=1S/C13H10BrF2NS.C3H8/c14-11-6-10(7-17-12(11)13(15)16)18-8-9-4-2-1-3-5-9;1-3-2/h1-7,13H,8H2;3H2,1-2H3. The molecule has 0 saturated heterocycles. The molecule has 0 N–H and O–H groups in total. The van der Waals surface area contributed by atoms with E-state index in [-0.39, 0.29) is 5.69 Å². The van der Waals surface area contributed by atoms with E-state index in [1.807, 2.05) is 30.3 Å². The van der Waals surface area contributed by atoms with Gasteiger partial charge in [0.2, 0.25) is 0 Å². The average molecular weight is 374 g/mol. The number of nitrogens with zero attached hydrogens (tertiary/aromatic N) is 1. The van der Waals surface area contributed by atoms with Crippen LogP contribution in [0, 0.1) is 0 Å². The van der Waals surface area contributed by atoms with Crippen LogP contribution in [-0.2, 0) is 5.75 Å². The van der Waals surface area contributed by atoms with Gasteiger partial charge in [-0.25, -0.2) is 8.78 Å². The van der Waals surface area contributed by atoms with Crippen molar-refractivity contribution in [2.75, 3.05) is 0 Å². The summed E-state index contributed by atoms with van der Waals surface area (Å²) >= 11 is 4.69. The van der Waals surface area contributed by atoms with E-state index in [1.54, 1.807) is 17.8 Å². The largest absolute Gasteiger partial charge is 0.281 e. The number of benzene rings is 1. The highest BCUT2D eigenvalue weighted by Crippen LogP contribution is 2.30. The predicted molar refractivity (Wildman–Crippen MR) is 88.9 cm³/mol. The molecule has 21 heavy (non-hydrogen) atoms. The van der Waals surface area contributed by atoms with Gasteiger partial charge in [-0.3, -0.25) is 4.98 Å². The molecule has 114 valence electrons. The van der Waals surface area contributed by atoms with Crippen molar-refractivity contribution in [2.24, 2.45) is 0 Å². The molecule has 1 heterocycles. The van der Waals surface area contributed by atoms with Crippen LogP contribution in [0.1, 0.15) is 38.0 Å². The van der Waals surface area contributed by atoms with E-state index in [0.717, 1.165) is 10.6 Å². The zero-order valence-electron chi connectivity index (χ0n) is 12.0. The SMILES string of the molecule is CCC.FC(F)c1ncc(SCc2ccccc2)cc1Br. The van der Waals surface area contributed by atoms with Crippen molar-refractivity contribution < 1.29 is 8.78 Å². The summed E-state index contributed by atoms with van der Waals surface area (Å²) in [4.78, 5) is 4.64. The fourth-order valence-corrected chi connectivity index (χ4v) is 2.94. The fraction of sp³-hybridized carbons (Fsp3) is 0.312. The molecular weight excluding hydrogens is 356 g/mol. The van der Waals surface area contributed by atoms with Crippen molar-refractivity contribution in [1.29, 1.82) is 0 Å². The molecule has 0 unspecified atom stereocenters. The first-order valence-electron chi connectivity index (χ1n) is 6.68. The third-order valence-electron chi connectivity index (χ3n) is 2.30. The van der Waals surface area contributed by atoms with Gasteiger partial charge in [-0.15, -0.1) is 11.8 Å². The summed E-state index contributed by atoms with van der Waals surface area (Å²) in [6.07, 6.45) is 0.187. The number of pyridine rings is 1. The van der Waals surface area contributed by atoms with Crippen LogP contribution in [-0.4, -0.2) is 4.98 Å². The molecule has 1 aromatic heterocycles. The van der Waals surface area contributed by atoms with Crippen LogP contribution in [0.25, 0.3) is 0 Å². The van der Waals surface area contributed by atoms with Crippen molar-refractivity contribution in [1.82, 2.24) is 4.98 Å². The Labute approximate surface area is 137 Å². The van der Waals surface area contributed by atoms with Crippen molar-refractivity contribution in [3.05, 3.63) is 58.3 Å². The smallest absolute Gasteiger partial charge is 0.253 e. The molecule has 0 amide bonds. The molecule has 5 heteroatoms. The molecule has 2 rings (SSSR count). The summed E-state index contributed by atoms with van der Waals surface area (Å²) in [5.74, 6) is 0.795. The molecule has 2 aromatic rings. The van der Waals surface area contributed by atoms with Gasteiger partial charge in [-0.2, -0.15) is 0 Å². The van der Waals surface area contributed by atoms with Crippen molar-refractivity contribution in [2.45, 2.75) is 37.3 Å². The maximum atomic E-state index is 12.5. The van der Waals surface area contributed by atoms with Crippen LogP contribution >= 0.6 is 27.7 Å². The molecule has 0 saturated carbocycles. The lowest BCUT2D eigenvalue weighted by molar-refractivity contribution is 0.145. The fourth-order valence-electron chi connectivity index (χ4n) is 1.41. The quantitative estimate of drug-likeness (QED) is 0.568. The Morgan fingerprint density at radius 2 is 1.81 bits per heavy atom. The zero-order valence-corrected chi connectivity index (χ0v) is 14.4. The second-order valence-electron chi connectivity index (χ2n) is 4.32. The van der Waals surface area contributed by atoms with Crippen molar-refractivity contribution in [3.63, 3.8) is 0 Å². The van der Waals surface area contributed by atoms with Gasteiger partial charge in [-0.1, -0.05) is 50.6 Å². The maximum Gasteiger partial charge on any atom is 0.281 e. The highest BCUT2D eigenvalue weighted by molar-refractivity contribution is 9.10. The van der Waals surface area contributed by atoms with E-state index in [1.165, 1.54) is 18.2 Å². The molecule has 0 radical (unpaired) electrons. The number of thioether (sulfide) groups is 1. The minimum Gasteiger partial charge on any atom is -0.253 e. The summed E-state index contributed by atoms with van der Waals surface area (Å²) in [5, 5.41) is 0. The predicted octanol–water partition coefficient (Wildman–Crippen LogP) is 6.49. The Hall–Kier alpha value is -0.940. The third kappa shape index (κ3) is 6.57. The van der Waals surface area contributed by atoms with Gasteiger partial charge in [0.1, 0.15) is 5.69 Å². The molecule has 0 bridgehead atoms. The number of hydrogen-bond acceptors (Lipinski definition) is 2. The highest BCUT2D eigenvalue weighted by atomic mass is 79.9. The second kappa shape index (κ2) is 9.90. The minimum atomic E-state index is -2.55. The zero-order chi connectivity index (χ0) is 15.7. The van der Waals surface area contributed by atoms with E-state index in [2.05, 4.69) is 34.8 Å². The Morgan fingerprint density at radius 3 is 2.33 bits per heavy atom. The van der Waals surface area contributed by atoms with Gasteiger partial charge in [0.05, 0.1) is 0 Å². The van der Waals surface area contributed by atoms with Crippen LogP contribution in [0.15, 0.2) is 52.0 Å². The summed E-state index contributed by atoms with van der Waals surface area (Å²) in [6, 6.07) is 11.7. The van der Waals surface area contributed by atoms with Gasteiger partial charge < -0.3 is 0 Å². The van der Waals surface area contributed by atoms with Gasteiger partial charge in [0.15, 0.2) is 0 Å². The Balaban J connectivity index is 0.000000677. The van der Waals surface area contributed by atoms with Crippen LogP contribution in [0.3, 0.4) is 0 Å². The highest BCUT2D eigenvalue weighted by Gasteiger charge is 2.13. The summed E-state index contributed by atoms with van der Waals surface area (Å²) in [7, 11) is 0. The van der Waals surface area contributed by atoms with Gasteiger partial charge in [-0.05, 0) is 27.6 Å². The molecular formula is C16H18BrF2NS. The average Bonchev–Trinajstić information content (AvgIpc) is 2.47. The third-order valence-corrected chi connectivity index (χ3v) is 3.97. The van der Waals surface area contributed by atoms with Crippen molar-refractivity contribution in [3.8, 4) is 0 Å². The van der Waals surface area contributed by atoms with E-state index < -0.39 is 6.43 Å². The molecule has 0 atom stereocenters. The van der Waals surface area contributed by atoms with E-state index in [4.69, 9.17) is 0 Å². The summed E-state index contributed by atoms with van der Waals surface area (Å²) < 4.78 is 25.4. The lowest BCUT2D eigenvalue weighted by atomic mass is 10.2. The van der Waals surface area contributed by atoms with E-state index in [0.29, 0.717) is 4.47 Å². The van der Waals surface area contributed by atoms with E-state index in [9.17, 15) is 8.78 Å². The van der Waals surface area contributed by atoms with Gasteiger partial charge >= 0.3 is 0 Å². The molecule has 0 aliphatic carbocycles. The molecule has 0 aliphatic heterocycles. The molecule has 0 aliphatic rings. The second-order valence-corrected chi connectivity index (χ2v) is 6.22. The molecule has 0 spiro atoms. The lowest BCUT2D eigenvalue weighted by Gasteiger charge is -2.05. The minimum absolute atomic E-state index is 0.209. The van der Waals surface area contributed by atoms with Crippen LogP contribution in [0.5, 0.6) is 0 Å². The number of halogens is 3. The Bertz CT molecular complexity index is 535. The lowest BCUT2D eigenvalue weighted by Crippen LogP contribution is -1.92. The van der Waals surface area contributed by atoms with E-state index >= 15 is 0 Å². The topological polar surface area (TPSA) is 12.9 Å². The normalized spacial score (nSPS) is 10.2. The molecule has 1 nitrogen and oxygen atoms in total. The first-order chi connectivity index (χ1) is 10.1. The summed E-state index contributed by atoms with van der Waals surface area (Å²) in [6.45, 7) is 4.25. The number of rotatable bonds is 4. The number of hydrogen-bond donors (Lipinski definition) is 0. The Kier molecular flexibility index (Phi) is 8.54. The number of alkyl halides is 2. The monoisotopic (exact) mass is 373 g/mol. The van der Waals surface area contributed by atoms with Crippen LogP contribution in [0.2, 0.25) is 0 Å². The van der Waals surface area contributed by atoms with Gasteiger partial charge in [0, 0.05) is 21.3 Å². The first-order valence-corrected chi connectivity index (χ1v) is 8.46. The maximum absolute atomic E-state index is 12.5. The van der Waals surface area contributed by atoms with Crippen LogP contribution < -0.4 is 0 Å². The number of aromatic nitrogens is 1.